The molecule has 1 saturated heterocycles. The van der Waals surface area contributed by atoms with Crippen LogP contribution in [0.1, 0.15) is 40.0 Å². The second kappa shape index (κ2) is 2.96. The van der Waals surface area contributed by atoms with Gasteiger partial charge in [-0.1, -0.05) is 6.92 Å². The zero-order valence-corrected chi connectivity index (χ0v) is 9.10. The molecule has 0 atom stereocenters. The summed E-state index contributed by atoms with van der Waals surface area (Å²) in [7, 11) is 0. The molecule has 13 heavy (non-hydrogen) atoms. The van der Waals surface area contributed by atoms with Gasteiger partial charge in [0.05, 0.1) is 12.2 Å². The van der Waals surface area contributed by atoms with E-state index in [4.69, 9.17) is 4.74 Å². The van der Waals surface area contributed by atoms with Crippen molar-refractivity contribution in [3.05, 3.63) is 0 Å². The van der Waals surface area contributed by atoms with Crippen LogP contribution in [0.3, 0.4) is 0 Å². The highest BCUT2D eigenvalue weighted by molar-refractivity contribution is 5.02. The summed E-state index contributed by atoms with van der Waals surface area (Å²) >= 11 is 0. The minimum absolute atomic E-state index is 0.282. The van der Waals surface area contributed by atoms with Crippen molar-refractivity contribution in [1.82, 2.24) is 4.90 Å². The van der Waals surface area contributed by atoms with E-state index in [1.807, 2.05) is 0 Å². The Morgan fingerprint density at radius 2 is 2.08 bits per heavy atom. The predicted octanol–water partition coefficient (Wildman–Crippen LogP) is 2.04. The molecule has 2 fully saturated rings. The average Bonchev–Trinajstić information content (AvgIpc) is 2.85. The van der Waals surface area contributed by atoms with E-state index in [1.54, 1.807) is 0 Å². The molecule has 0 bridgehead atoms. The minimum Gasteiger partial charge on any atom is -0.372 e. The van der Waals surface area contributed by atoms with Crippen LogP contribution in [0.15, 0.2) is 0 Å². The Bertz CT molecular complexity index is 196. The zero-order chi connectivity index (χ0) is 9.53. The number of hydrogen-bond donors (Lipinski definition) is 0. The van der Waals surface area contributed by atoms with E-state index in [1.165, 1.54) is 19.3 Å². The number of morpholine rings is 1. The summed E-state index contributed by atoms with van der Waals surface area (Å²) in [6.45, 7) is 10.2. The molecular weight excluding hydrogens is 162 g/mol. The molecule has 0 N–H and O–H groups in total. The summed E-state index contributed by atoms with van der Waals surface area (Å²) in [5, 5.41) is 0. The lowest BCUT2D eigenvalue weighted by Gasteiger charge is -2.43. The maximum absolute atomic E-state index is 5.80. The number of hydrogen-bond acceptors (Lipinski definition) is 2. The van der Waals surface area contributed by atoms with E-state index in [9.17, 15) is 0 Å². The molecule has 0 radical (unpaired) electrons. The normalized spacial score (nSPS) is 27.9. The molecule has 0 amide bonds. The number of ether oxygens (including phenoxy) is 1. The summed E-state index contributed by atoms with van der Waals surface area (Å²) in [5.74, 6) is 0. The molecule has 0 aromatic carbocycles. The Hall–Kier alpha value is -0.0800. The summed E-state index contributed by atoms with van der Waals surface area (Å²) in [6, 6.07) is 0. The van der Waals surface area contributed by atoms with E-state index < -0.39 is 0 Å². The van der Waals surface area contributed by atoms with Gasteiger partial charge in [0.2, 0.25) is 0 Å². The van der Waals surface area contributed by atoms with Crippen LogP contribution in [-0.4, -0.2) is 35.7 Å². The number of rotatable bonds is 2. The second-order valence-corrected chi connectivity index (χ2v) is 5.12. The van der Waals surface area contributed by atoms with Crippen LogP contribution in [0.5, 0.6) is 0 Å². The molecule has 1 aliphatic carbocycles. The Labute approximate surface area is 81.3 Å². The van der Waals surface area contributed by atoms with Crippen LogP contribution in [0.4, 0.5) is 0 Å². The molecule has 1 saturated carbocycles. The fourth-order valence-electron chi connectivity index (χ4n) is 2.03. The highest BCUT2D eigenvalue weighted by Crippen LogP contribution is 2.43. The van der Waals surface area contributed by atoms with Crippen molar-refractivity contribution in [2.75, 3.05) is 19.7 Å². The van der Waals surface area contributed by atoms with Gasteiger partial charge in [-0.25, -0.2) is 0 Å². The van der Waals surface area contributed by atoms with Crippen LogP contribution in [0.2, 0.25) is 0 Å². The number of nitrogens with zero attached hydrogens (tertiary/aromatic N) is 1. The fraction of sp³-hybridized carbons (Fsp3) is 1.00. The van der Waals surface area contributed by atoms with E-state index in [2.05, 4.69) is 25.7 Å². The molecule has 2 aliphatic rings. The SMILES string of the molecule is CCC(C)(C)N1CCOC2(CC2)C1. The summed E-state index contributed by atoms with van der Waals surface area (Å²) < 4.78 is 5.80. The lowest BCUT2D eigenvalue weighted by molar-refractivity contribution is -0.0776. The van der Waals surface area contributed by atoms with Gasteiger partial charge in [0, 0.05) is 18.6 Å². The molecular formula is C11H21NO. The van der Waals surface area contributed by atoms with Crippen molar-refractivity contribution in [1.29, 1.82) is 0 Å². The van der Waals surface area contributed by atoms with Crippen molar-refractivity contribution in [2.24, 2.45) is 0 Å². The largest absolute Gasteiger partial charge is 0.372 e. The maximum atomic E-state index is 5.80. The van der Waals surface area contributed by atoms with Gasteiger partial charge in [0.25, 0.3) is 0 Å². The lowest BCUT2D eigenvalue weighted by Crippen LogP contribution is -2.53. The molecule has 2 heteroatoms. The van der Waals surface area contributed by atoms with E-state index in [0.717, 1.165) is 19.7 Å². The molecule has 0 aromatic rings. The van der Waals surface area contributed by atoms with Gasteiger partial charge in [-0.15, -0.1) is 0 Å². The Kier molecular flexibility index (Phi) is 2.16. The molecule has 2 nitrogen and oxygen atoms in total. The second-order valence-electron chi connectivity index (χ2n) is 5.12. The first-order valence-corrected chi connectivity index (χ1v) is 5.47. The van der Waals surface area contributed by atoms with Crippen molar-refractivity contribution in [2.45, 2.75) is 51.2 Å². The Morgan fingerprint density at radius 1 is 1.38 bits per heavy atom. The van der Waals surface area contributed by atoms with Gasteiger partial charge in [0.1, 0.15) is 0 Å². The first-order chi connectivity index (χ1) is 6.08. The molecule has 1 aliphatic heterocycles. The summed E-state index contributed by atoms with van der Waals surface area (Å²) in [6.07, 6.45) is 3.79. The molecule has 76 valence electrons. The van der Waals surface area contributed by atoms with Gasteiger partial charge in [-0.05, 0) is 33.1 Å². The standard InChI is InChI=1S/C11H21NO/c1-4-10(2,3)12-7-8-13-11(9-12)5-6-11/h4-9H2,1-3H3. The minimum atomic E-state index is 0.282. The first kappa shape index (κ1) is 9.47. The van der Waals surface area contributed by atoms with Crippen LogP contribution in [-0.2, 0) is 4.74 Å². The van der Waals surface area contributed by atoms with Gasteiger partial charge >= 0.3 is 0 Å². The van der Waals surface area contributed by atoms with Crippen molar-refractivity contribution < 1.29 is 4.74 Å². The monoisotopic (exact) mass is 183 g/mol. The predicted molar refractivity (Wildman–Crippen MR) is 53.9 cm³/mol. The average molecular weight is 183 g/mol. The van der Waals surface area contributed by atoms with Crippen LogP contribution >= 0.6 is 0 Å². The smallest absolute Gasteiger partial charge is 0.0811 e. The summed E-state index contributed by atoms with van der Waals surface area (Å²) in [4.78, 5) is 2.60. The molecule has 2 rings (SSSR count). The highest BCUT2D eigenvalue weighted by Gasteiger charge is 2.49. The van der Waals surface area contributed by atoms with Crippen LogP contribution in [0.25, 0.3) is 0 Å². The molecule has 0 aromatic heterocycles. The molecule has 0 unspecified atom stereocenters. The summed E-state index contributed by atoms with van der Waals surface area (Å²) in [5.41, 5.74) is 0.643. The lowest BCUT2D eigenvalue weighted by atomic mass is 9.97. The van der Waals surface area contributed by atoms with Crippen molar-refractivity contribution >= 4 is 0 Å². The van der Waals surface area contributed by atoms with Crippen molar-refractivity contribution in [3.8, 4) is 0 Å². The van der Waals surface area contributed by atoms with Crippen LogP contribution < -0.4 is 0 Å². The molecule has 1 heterocycles. The van der Waals surface area contributed by atoms with E-state index in [-0.39, 0.29) is 5.60 Å². The maximum Gasteiger partial charge on any atom is 0.0811 e. The third-order valence-corrected chi connectivity index (χ3v) is 3.78. The Balaban J connectivity index is 1.99. The Morgan fingerprint density at radius 3 is 2.62 bits per heavy atom. The van der Waals surface area contributed by atoms with E-state index >= 15 is 0 Å². The highest BCUT2D eigenvalue weighted by atomic mass is 16.5. The first-order valence-electron chi connectivity index (χ1n) is 5.47. The third kappa shape index (κ3) is 1.75. The van der Waals surface area contributed by atoms with Gasteiger partial charge in [-0.2, -0.15) is 0 Å². The topological polar surface area (TPSA) is 12.5 Å². The van der Waals surface area contributed by atoms with Gasteiger partial charge < -0.3 is 4.74 Å². The van der Waals surface area contributed by atoms with Crippen LogP contribution in [0, 0.1) is 0 Å². The van der Waals surface area contributed by atoms with Crippen molar-refractivity contribution in [3.63, 3.8) is 0 Å². The molecule has 1 spiro atoms. The quantitative estimate of drug-likeness (QED) is 0.649. The fourth-order valence-corrected chi connectivity index (χ4v) is 2.03. The third-order valence-electron chi connectivity index (χ3n) is 3.78. The van der Waals surface area contributed by atoms with E-state index in [0.29, 0.717) is 5.54 Å². The zero-order valence-electron chi connectivity index (χ0n) is 9.10. The van der Waals surface area contributed by atoms with Gasteiger partial charge in [0.15, 0.2) is 0 Å². The van der Waals surface area contributed by atoms with Gasteiger partial charge in [-0.3, -0.25) is 4.90 Å².